The molecule has 0 heterocycles. The van der Waals surface area contributed by atoms with E-state index in [2.05, 4.69) is 10.6 Å². The fourth-order valence-corrected chi connectivity index (χ4v) is 5.15. The van der Waals surface area contributed by atoms with Crippen LogP contribution in [-0.2, 0) is 9.53 Å². The van der Waals surface area contributed by atoms with E-state index in [-0.39, 0.29) is 12.5 Å². The lowest BCUT2D eigenvalue weighted by atomic mass is 9.86. The number of carbonyl (C=O) groups is 3. The van der Waals surface area contributed by atoms with Crippen molar-refractivity contribution in [3.63, 3.8) is 0 Å². The molecule has 1 fully saturated rings. The van der Waals surface area contributed by atoms with E-state index >= 15 is 0 Å². The summed E-state index contributed by atoms with van der Waals surface area (Å²) in [7, 11) is 2.86. The highest BCUT2D eigenvalue weighted by molar-refractivity contribution is 6.01. The van der Waals surface area contributed by atoms with Gasteiger partial charge in [0.2, 0.25) is 5.91 Å². The SMILES string of the molecule is COC(=O)c1ccc(OCCN(C(=O)CC2CCCCC2)c2ccc(NC(=O)Nc3ccccc3C)c(OC)c2)cc1. The number of nitrogens with zero attached hydrogens (tertiary/aromatic N) is 1. The van der Waals surface area contributed by atoms with Crippen molar-refractivity contribution in [2.45, 2.75) is 45.4 Å². The van der Waals surface area contributed by atoms with Crippen molar-refractivity contribution in [2.75, 3.05) is 42.9 Å². The molecule has 0 unspecified atom stereocenters. The quantitative estimate of drug-likeness (QED) is 0.244. The van der Waals surface area contributed by atoms with Gasteiger partial charge in [-0.2, -0.15) is 0 Å². The number of para-hydroxylation sites is 1. The van der Waals surface area contributed by atoms with Crippen LogP contribution >= 0.6 is 0 Å². The van der Waals surface area contributed by atoms with Gasteiger partial charge in [0, 0.05) is 23.9 Å². The molecule has 0 radical (unpaired) electrons. The van der Waals surface area contributed by atoms with Gasteiger partial charge in [0.1, 0.15) is 18.1 Å². The van der Waals surface area contributed by atoms with Crippen LogP contribution in [0.25, 0.3) is 0 Å². The monoisotopic (exact) mass is 573 g/mol. The minimum Gasteiger partial charge on any atom is -0.494 e. The molecule has 0 saturated heterocycles. The summed E-state index contributed by atoms with van der Waals surface area (Å²) in [6, 6.07) is 19.1. The molecule has 1 saturated carbocycles. The highest BCUT2D eigenvalue weighted by Crippen LogP contribution is 2.32. The summed E-state index contributed by atoms with van der Waals surface area (Å²) in [4.78, 5) is 39.8. The van der Waals surface area contributed by atoms with E-state index in [1.165, 1.54) is 20.6 Å². The Balaban J connectivity index is 1.47. The van der Waals surface area contributed by atoms with Gasteiger partial charge in [-0.25, -0.2) is 9.59 Å². The highest BCUT2D eigenvalue weighted by atomic mass is 16.5. The van der Waals surface area contributed by atoms with E-state index in [4.69, 9.17) is 14.2 Å². The Kier molecular flexibility index (Phi) is 10.8. The molecular formula is C33H39N3O6. The van der Waals surface area contributed by atoms with Crippen molar-refractivity contribution in [2.24, 2.45) is 5.92 Å². The zero-order valence-electron chi connectivity index (χ0n) is 24.5. The molecule has 9 nitrogen and oxygen atoms in total. The largest absolute Gasteiger partial charge is 0.494 e. The van der Waals surface area contributed by atoms with E-state index in [0.717, 1.165) is 31.2 Å². The number of ether oxygens (including phenoxy) is 3. The first-order valence-electron chi connectivity index (χ1n) is 14.3. The second kappa shape index (κ2) is 14.9. The van der Waals surface area contributed by atoms with Crippen LogP contribution in [0.1, 0.15) is 54.4 Å². The van der Waals surface area contributed by atoms with Crippen molar-refractivity contribution in [3.05, 3.63) is 77.9 Å². The van der Waals surface area contributed by atoms with E-state index in [9.17, 15) is 14.4 Å². The third-order valence-electron chi connectivity index (χ3n) is 7.49. The highest BCUT2D eigenvalue weighted by Gasteiger charge is 2.23. The summed E-state index contributed by atoms with van der Waals surface area (Å²) < 4.78 is 16.3. The average Bonchev–Trinajstić information content (AvgIpc) is 3.01. The molecule has 1 aliphatic carbocycles. The molecule has 0 atom stereocenters. The number of aryl methyl sites for hydroxylation is 1. The Bertz CT molecular complexity index is 1370. The zero-order chi connectivity index (χ0) is 29.9. The standard InChI is InChI=1S/C33H39N3O6/c1-23-9-7-8-12-28(23)34-33(39)35-29-18-15-26(22-30(29)40-2)36(31(37)21-24-10-5-4-6-11-24)19-20-42-27-16-13-25(14-17-27)32(38)41-3/h7-9,12-18,22,24H,4-6,10-11,19-21H2,1-3H3,(H2,34,35,39). The summed E-state index contributed by atoms with van der Waals surface area (Å²) in [6.07, 6.45) is 6.12. The third-order valence-corrected chi connectivity index (χ3v) is 7.49. The van der Waals surface area contributed by atoms with E-state index in [0.29, 0.717) is 53.0 Å². The lowest BCUT2D eigenvalue weighted by Gasteiger charge is -2.27. The predicted molar refractivity (Wildman–Crippen MR) is 164 cm³/mol. The van der Waals surface area contributed by atoms with Crippen LogP contribution in [0.15, 0.2) is 66.7 Å². The Morgan fingerprint density at radius 1 is 0.881 bits per heavy atom. The maximum absolute atomic E-state index is 13.6. The molecular weight excluding hydrogens is 534 g/mol. The van der Waals surface area contributed by atoms with Crippen LogP contribution in [0.4, 0.5) is 21.9 Å². The number of benzene rings is 3. The molecule has 1 aliphatic rings. The second-order valence-electron chi connectivity index (χ2n) is 10.4. The Hall–Kier alpha value is -4.53. The van der Waals surface area contributed by atoms with Crippen molar-refractivity contribution < 1.29 is 28.6 Å². The van der Waals surface area contributed by atoms with Crippen LogP contribution in [0.5, 0.6) is 11.5 Å². The normalized spacial score (nSPS) is 13.1. The summed E-state index contributed by atoms with van der Waals surface area (Å²) in [6.45, 7) is 2.48. The topological polar surface area (TPSA) is 106 Å². The molecule has 0 aliphatic heterocycles. The van der Waals surface area contributed by atoms with Crippen LogP contribution in [0, 0.1) is 12.8 Å². The number of anilines is 3. The Labute approximate surface area is 247 Å². The summed E-state index contributed by atoms with van der Waals surface area (Å²) in [5, 5.41) is 5.70. The Morgan fingerprint density at radius 2 is 1.60 bits per heavy atom. The van der Waals surface area contributed by atoms with E-state index < -0.39 is 12.0 Å². The van der Waals surface area contributed by atoms with Gasteiger partial charge in [-0.3, -0.25) is 4.79 Å². The molecule has 3 aromatic rings. The molecule has 3 aromatic carbocycles. The predicted octanol–water partition coefficient (Wildman–Crippen LogP) is 6.82. The number of hydrogen-bond donors (Lipinski definition) is 2. The fraction of sp³-hybridized carbons (Fsp3) is 0.364. The molecule has 2 N–H and O–H groups in total. The fourth-order valence-electron chi connectivity index (χ4n) is 5.15. The van der Waals surface area contributed by atoms with Gasteiger partial charge in [0.15, 0.2) is 0 Å². The van der Waals surface area contributed by atoms with Gasteiger partial charge < -0.3 is 29.7 Å². The molecule has 4 rings (SSSR count). The van der Waals surface area contributed by atoms with Gasteiger partial charge >= 0.3 is 12.0 Å². The first kappa shape index (κ1) is 30.4. The number of methoxy groups -OCH3 is 2. The van der Waals surface area contributed by atoms with Gasteiger partial charge in [0.25, 0.3) is 0 Å². The van der Waals surface area contributed by atoms with Crippen molar-refractivity contribution in [1.82, 2.24) is 0 Å². The first-order valence-corrected chi connectivity index (χ1v) is 14.3. The van der Waals surface area contributed by atoms with Crippen LogP contribution in [0.2, 0.25) is 0 Å². The number of nitrogens with one attached hydrogen (secondary N) is 2. The molecule has 0 bridgehead atoms. The van der Waals surface area contributed by atoms with E-state index in [1.54, 1.807) is 47.4 Å². The minimum absolute atomic E-state index is 0.0200. The van der Waals surface area contributed by atoms with Gasteiger partial charge in [-0.05, 0) is 73.7 Å². The molecule has 0 aromatic heterocycles. The van der Waals surface area contributed by atoms with Crippen LogP contribution in [-0.4, -0.2) is 45.3 Å². The summed E-state index contributed by atoms with van der Waals surface area (Å²) >= 11 is 0. The smallest absolute Gasteiger partial charge is 0.337 e. The maximum atomic E-state index is 13.6. The average molecular weight is 574 g/mol. The van der Waals surface area contributed by atoms with E-state index in [1.807, 2.05) is 31.2 Å². The number of carbonyl (C=O) groups excluding carboxylic acids is 3. The molecule has 3 amide bonds. The van der Waals surface area contributed by atoms with Crippen LogP contribution in [0.3, 0.4) is 0 Å². The molecule has 42 heavy (non-hydrogen) atoms. The summed E-state index contributed by atoms with van der Waals surface area (Å²) in [5.41, 5.74) is 3.23. The lowest BCUT2D eigenvalue weighted by Crippen LogP contribution is -2.36. The number of esters is 1. The second-order valence-corrected chi connectivity index (χ2v) is 10.4. The minimum atomic E-state index is -0.416. The number of rotatable bonds is 11. The zero-order valence-corrected chi connectivity index (χ0v) is 24.5. The number of urea groups is 1. The Morgan fingerprint density at radius 3 is 2.29 bits per heavy atom. The maximum Gasteiger partial charge on any atom is 0.337 e. The molecule has 222 valence electrons. The number of amides is 3. The lowest BCUT2D eigenvalue weighted by molar-refractivity contribution is -0.119. The number of hydrogen-bond acceptors (Lipinski definition) is 6. The first-order chi connectivity index (χ1) is 20.4. The van der Waals surface area contributed by atoms with Crippen molar-refractivity contribution in [3.8, 4) is 11.5 Å². The van der Waals surface area contributed by atoms with Gasteiger partial charge in [0.05, 0.1) is 32.0 Å². The molecule has 9 heteroatoms. The van der Waals surface area contributed by atoms with Crippen LogP contribution < -0.4 is 25.0 Å². The third kappa shape index (κ3) is 8.25. The van der Waals surface area contributed by atoms with Gasteiger partial charge in [-0.1, -0.05) is 37.5 Å². The van der Waals surface area contributed by atoms with Crippen molar-refractivity contribution in [1.29, 1.82) is 0 Å². The molecule has 0 spiro atoms. The van der Waals surface area contributed by atoms with Crippen molar-refractivity contribution >= 4 is 35.0 Å². The summed E-state index contributed by atoms with van der Waals surface area (Å²) in [5.74, 6) is 0.988. The van der Waals surface area contributed by atoms with Gasteiger partial charge in [-0.15, -0.1) is 0 Å².